The lowest BCUT2D eigenvalue weighted by Crippen LogP contribution is -2.41. The molecule has 8 heteroatoms. The van der Waals surface area contributed by atoms with E-state index in [0.717, 1.165) is 0 Å². The molecule has 24 heavy (non-hydrogen) atoms. The van der Waals surface area contributed by atoms with Gasteiger partial charge in [-0.05, 0) is 19.1 Å². The van der Waals surface area contributed by atoms with Crippen molar-refractivity contribution in [2.75, 3.05) is 25.6 Å². The van der Waals surface area contributed by atoms with Crippen LogP contribution in [0.1, 0.15) is 17.3 Å². The van der Waals surface area contributed by atoms with Crippen molar-refractivity contribution in [3.05, 3.63) is 42.5 Å². The number of ether oxygens (including phenoxy) is 2. The molecule has 0 aliphatic heterocycles. The third kappa shape index (κ3) is 5.10. The molecule has 0 spiro atoms. The van der Waals surface area contributed by atoms with E-state index in [-0.39, 0.29) is 11.8 Å². The van der Waals surface area contributed by atoms with Crippen molar-refractivity contribution in [2.45, 2.75) is 13.0 Å². The average molecular weight is 333 g/mol. The van der Waals surface area contributed by atoms with E-state index in [1.54, 1.807) is 26.2 Å². The standard InChI is InChI=1S/C16H19N3O5/c1-11(18-16(21)12-5-6-23-10-12)15(20)19-13-3-4-14(17-9-13)24-8-7-22-2/h3-6,9-11H,7-8H2,1-2H3,(H,18,21)(H,19,20)/t11-/m1/s1. The Bertz CT molecular complexity index is 655. The molecular weight excluding hydrogens is 314 g/mol. The van der Waals surface area contributed by atoms with Crippen LogP contribution in [0.25, 0.3) is 0 Å². The maximum atomic E-state index is 12.1. The molecule has 8 nitrogen and oxygen atoms in total. The summed E-state index contributed by atoms with van der Waals surface area (Å²) in [6.07, 6.45) is 4.18. The third-order valence-electron chi connectivity index (χ3n) is 3.07. The van der Waals surface area contributed by atoms with Crippen LogP contribution in [0, 0.1) is 0 Å². The zero-order valence-electron chi connectivity index (χ0n) is 13.4. The van der Waals surface area contributed by atoms with Gasteiger partial charge in [-0.25, -0.2) is 4.98 Å². The van der Waals surface area contributed by atoms with Crippen LogP contribution >= 0.6 is 0 Å². The zero-order valence-corrected chi connectivity index (χ0v) is 13.4. The Balaban J connectivity index is 1.83. The largest absolute Gasteiger partial charge is 0.475 e. The van der Waals surface area contributed by atoms with Gasteiger partial charge >= 0.3 is 0 Å². The maximum absolute atomic E-state index is 12.1. The Labute approximate surface area is 139 Å². The first-order valence-electron chi connectivity index (χ1n) is 7.32. The molecule has 0 aliphatic rings. The summed E-state index contributed by atoms with van der Waals surface area (Å²) in [7, 11) is 1.59. The second kappa shape index (κ2) is 8.68. The Morgan fingerprint density at radius 2 is 2.12 bits per heavy atom. The average Bonchev–Trinajstić information content (AvgIpc) is 3.11. The van der Waals surface area contributed by atoms with Crippen molar-refractivity contribution < 1.29 is 23.5 Å². The van der Waals surface area contributed by atoms with Gasteiger partial charge in [0.2, 0.25) is 11.8 Å². The van der Waals surface area contributed by atoms with Crippen LogP contribution in [0.4, 0.5) is 5.69 Å². The molecule has 0 saturated heterocycles. The zero-order chi connectivity index (χ0) is 17.4. The summed E-state index contributed by atoms with van der Waals surface area (Å²) in [5, 5.41) is 5.25. The highest BCUT2D eigenvalue weighted by Crippen LogP contribution is 2.12. The first kappa shape index (κ1) is 17.5. The normalized spacial score (nSPS) is 11.6. The van der Waals surface area contributed by atoms with Gasteiger partial charge in [-0.3, -0.25) is 9.59 Å². The number of carbonyl (C=O) groups excluding carboxylic acids is 2. The Hall–Kier alpha value is -2.87. The van der Waals surface area contributed by atoms with E-state index in [1.807, 2.05) is 0 Å². The van der Waals surface area contributed by atoms with Gasteiger partial charge in [0.15, 0.2) is 0 Å². The van der Waals surface area contributed by atoms with Crippen molar-refractivity contribution in [3.63, 3.8) is 0 Å². The summed E-state index contributed by atoms with van der Waals surface area (Å²) in [6, 6.07) is 4.11. The summed E-state index contributed by atoms with van der Waals surface area (Å²) in [6.45, 7) is 2.45. The number of nitrogens with one attached hydrogen (secondary N) is 2. The van der Waals surface area contributed by atoms with Gasteiger partial charge in [0, 0.05) is 13.2 Å². The number of amides is 2. The second-order valence-corrected chi connectivity index (χ2v) is 4.92. The van der Waals surface area contributed by atoms with Gasteiger partial charge < -0.3 is 24.5 Å². The van der Waals surface area contributed by atoms with E-state index in [2.05, 4.69) is 15.6 Å². The summed E-state index contributed by atoms with van der Waals surface area (Å²) >= 11 is 0. The van der Waals surface area contributed by atoms with Gasteiger partial charge in [0.25, 0.3) is 5.91 Å². The summed E-state index contributed by atoms with van der Waals surface area (Å²) < 4.78 is 15.0. The first-order valence-corrected chi connectivity index (χ1v) is 7.32. The topological polar surface area (TPSA) is 103 Å². The molecule has 2 heterocycles. The molecule has 2 rings (SSSR count). The van der Waals surface area contributed by atoms with Crippen molar-refractivity contribution in [1.82, 2.24) is 10.3 Å². The van der Waals surface area contributed by atoms with Gasteiger partial charge in [0.05, 0.1) is 30.3 Å². The number of aromatic nitrogens is 1. The fourth-order valence-electron chi connectivity index (χ4n) is 1.76. The molecule has 0 aromatic carbocycles. The molecule has 0 fully saturated rings. The third-order valence-corrected chi connectivity index (χ3v) is 3.07. The minimum absolute atomic E-state index is 0.355. The van der Waals surface area contributed by atoms with Crippen LogP contribution in [-0.2, 0) is 9.53 Å². The highest BCUT2D eigenvalue weighted by molar-refractivity contribution is 6.00. The lowest BCUT2D eigenvalue weighted by Gasteiger charge is -2.13. The molecule has 1 atom stereocenters. The molecule has 0 unspecified atom stereocenters. The quantitative estimate of drug-likeness (QED) is 0.709. The molecule has 2 aromatic rings. The molecule has 0 bridgehead atoms. The Kier molecular flexibility index (Phi) is 6.32. The van der Waals surface area contributed by atoms with E-state index in [0.29, 0.717) is 30.3 Å². The number of anilines is 1. The monoisotopic (exact) mass is 333 g/mol. The van der Waals surface area contributed by atoms with Crippen LogP contribution in [0.3, 0.4) is 0 Å². The van der Waals surface area contributed by atoms with Crippen molar-refractivity contribution in [2.24, 2.45) is 0 Å². The molecule has 0 aliphatic carbocycles. The van der Waals surface area contributed by atoms with Crippen LogP contribution < -0.4 is 15.4 Å². The molecular formula is C16H19N3O5. The van der Waals surface area contributed by atoms with Crippen LogP contribution in [0.15, 0.2) is 41.3 Å². The maximum Gasteiger partial charge on any atom is 0.255 e. The van der Waals surface area contributed by atoms with Crippen LogP contribution in [0.2, 0.25) is 0 Å². The summed E-state index contributed by atoms with van der Waals surface area (Å²) in [4.78, 5) is 28.0. The number of furan rings is 1. The summed E-state index contributed by atoms with van der Waals surface area (Å²) in [5.74, 6) is -0.306. The smallest absolute Gasteiger partial charge is 0.255 e. The molecule has 0 radical (unpaired) electrons. The predicted octanol–water partition coefficient (Wildman–Crippen LogP) is 1.46. The molecule has 2 aromatic heterocycles. The fraction of sp³-hybridized carbons (Fsp3) is 0.312. The van der Waals surface area contributed by atoms with Gasteiger partial charge in [-0.15, -0.1) is 0 Å². The second-order valence-electron chi connectivity index (χ2n) is 4.92. The van der Waals surface area contributed by atoms with E-state index < -0.39 is 6.04 Å². The SMILES string of the molecule is COCCOc1ccc(NC(=O)[C@@H](C)NC(=O)c2ccoc2)cn1. The fourth-order valence-corrected chi connectivity index (χ4v) is 1.76. The highest BCUT2D eigenvalue weighted by Gasteiger charge is 2.17. The van der Waals surface area contributed by atoms with E-state index >= 15 is 0 Å². The van der Waals surface area contributed by atoms with Crippen molar-refractivity contribution >= 4 is 17.5 Å². The van der Waals surface area contributed by atoms with Crippen LogP contribution in [-0.4, -0.2) is 43.2 Å². The number of hydrogen-bond donors (Lipinski definition) is 2. The Morgan fingerprint density at radius 1 is 1.29 bits per heavy atom. The lowest BCUT2D eigenvalue weighted by molar-refractivity contribution is -0.117. The number of hydrogen-bond acceptors (Lipinski definition) is 6. The minimum atomic E-state index is -0.718. The van der Waals surface area contributed by atoms with E-state index in [1.165, 1.54) is 24.8 Å². The molecule has 0 saturated carbocycles. The van der Waals surface area contributed by atoms with E-state index in [4.69, 9.17) is 13.9 Å². The van der Waals surface area contributed by atoms with Crippen molar-refractivity contribution in [1.29, 1.82) is 0 Å². The number of nitrogens with zero attached hydrogens (tertiary/aromatic N) is 1. The van der Waals surface area contributed by atoms with Crippen molar-refractivity contribution in [3.8, 4) is 5.88 Å². The highest BCUT2D eigenvalue weighted by atomic mass is 16.5. The number of carbonyl (C=O) groups is 2. The molecule has 2 N–H and O–H groups in total. The van der Waals surface area contributed by atoms with Gasteiger partial charge in [0.1, 0.15) is 18.9 Å². The van der Waals surface area contributed by atoms with E-state index in [9.17, 15) is 9.59 Å². The minimum Gasteiger partial charge on any atom is -0.475 e. The lowest BCUT2D eigenvalue weighted by atomic mass is 10.2. The number of rotatable bonds is 8. The Morgan fingerprint density at radius 3 is 2.75 bits per heavy atom. The first-order chi connectivity index (χ1) is 11.6. The molecule has 128 valence electrons. The summed E-state index contributed by atoms with van der Waals surface area (Å²) in [5.41, 5.74) is 0.859. The van der Waals surface area contributed by atoms with Gasteiger partial charge in [-0.2, -0.15) is 0 Å². The predicted molar refractivity (Wildman–Crippen MR) is 85.9 cm³/mol. The molecule has 2 amide bonds. The number of methoxy groups -OCH3 is 1. The van der Waals surface area contributed by atoms with Crippen LogP contribution in [0.5, 0.6) is 5.88 Å². The van der Waals surface area contributed by atoms with Gasteiger partial charge in [-0.1, -0.05) is 0 Å². The number of pyridine rings is 1.